The van der Waals surface area contributed by atoms with E-state index in [2.05, 4.69) is 167 Å². The van der Waals surface area contributed by atoms with Crippen LogP contribution in [-0.2, 0) is 55.8 Å². The molecule has 5 atom stereocenters. The second-order valence-electron chi connectivity index (χ2n) is 20.4. The van der Waals surface area contributed by atoms with Crippen molar-refractivity contribution >= 4 is 33.6 Å². The van der Waals surface area contributed by atoms with Crippen LogP contribution in [0, 0.1) is 0 Å². The number of allylic oxidation sites excluding steroid dienone is 30. The number of hydrogen-bond donors (Lipinski definition) is 4. The minimum Gasteiger partial charge on any atom is -0.463 e. The normalized spacial score (nSPS) is 15.4. The smallest absolute Gasteiger partial charge is 0.463 e. The fourth-order valence-electron chi connectivity index (χ4n) is 7.34. The first-order valence-corrected chi connectivity index (χ1v) is 35.1. The van der Waals surface area contributed by atoms with Crippen molar-refractivity contribution in [3.8, 4) is 0 Å². The molecule has 0 rings (SSSR count). The van der Waals surface area contributed by atoms with Crippen molar-refractivity contribution in [2.24, 2.45) is 0 Å². The van der Waals surface area contributed by atoms with Gasteiger partial charge in [0, 0.05) is 19.3 Å². The molecule has 0 aromatic heterocycles. The number of rotatable bonds is 58. The van der Waals surface area contributed by atoms with E-state index in [1.807, 2.05) is 36.5 Å². The molecule has 0 aromatic carbocycles. The summed E-state index contributed by atoms with van der Waals surface area (Å²) in [6, 6.07) is 0. The summed E-state index contributed by atoms with van der Waals surface area (Å²) in [6.45, 7) is 2.06. The number of carbonyl (C=O) groups is 3. The molecular weight excluding hydrogens is 1170 g/mol. The van der Waals surface area contributed by atoms with Gasteiger partial charge in [-0.3, -0.25) is 32.5 Å². The van der Waals surface area contributed by atoms with Gasteiger partial charge in [-0.05, 0) is 128 Å². The number of hydrogen-bond acceptors (Lipinski definition) is 14. The standard InChI is InChI=1S/C71H110O16P2/c1-4-7-10-13-16-19-22-25-28-30-32-34-37-39-42-45-48-51-54-57-69(74)81-60-66(72)61-83-88(77,78)84-62-67(73)63-85-89(79,80)86-65-68(87-71(76)59-56-53-50-47-44-41-36-27-24-21-18-15-12-9-6-3)64-82-70(75)58-55-52-49-46-43-40-38-35-33-31-29-26-23-20-17-14-11-8-5-2/h7-12,16-21,25-29,32-36,39-40,42-43,48-49,51-52,66-68,72-73H,4-6,13-15,22-24,30-31,37-38,41,44-47,50,53-65H2,1-3H3,(H,77,78)(H,79,80)/b10-7-,11-8-,12-9-,19-16-,20-17-,21-18-,28-25-,29-26-,34-32-,35-33-,36-27-,42-39-,43-40-,51-48-,52-49-. The van der Waals surface area contributed by atoms with Crippen molar-refractivity contribution < 1.29 is 75.8 Å². The minimum atomic E-state index is -4.96. The highest BCUT2D eigenvalue weighted by Crippen LogP contribution is 2.45. The van der Waals surface area contributed by atoms with Gasteiger partial charge in [0.15, 0.2) is 6.10 Å². The number of esters is 3. The molecule has 0 spiro atoms. The monoisotopic (exact) mass is 1280 g/mol. The van der Waals surface area contributed by atoms with Gasteiger partial charge in [0.2, 0.25) is 0 Å². The lowest BCUT2D eigenvalue weighted by Crippen LogP contribution is -2.30. The molecule has 0 aliphatic rings. The SMILES string of the molecule is CC/C=C\C/C=C\C/C=C\C/C=C\C/C=C\C/C=C\CCC(=O)OCC(O)COP(=O)(O)OCC(O)COP(=O)(O)OCC(COC(=O)CC/C=C\C/C=C\C/C=C\C/C=C\C/C=C\C/C=C\CC)OC(=O)CCCCCCC/C=C\C/C=C\C/C=C\CC. The van der Waals surface area contributed by atoms with Crippen molar-refractivity contribution in [2.75, 3.05) is 39.6 Å². The van der Waals surface area contributed by atoms with E-state index in [0.29, 0.717) is 32.1 Å². The summed E-state index contributed by atoms with van der Waals surface area (Å²) in [4.78, 5) is 58.2. The maximum atomic E-state index is 12.9. The van der Waals surface area contributed by atoms with Crippen LogP contribution in [0.1, 0.15) is 188 Å². The first-order chi connectivity index (χ1) is 43.2. The maximum absolute atomic E-state index is 12.9. The van der Waals surface area contributed by atoms with Crippen LogP contribution in [0.2, 0.25) is 0 Å². The van der Waals surface area contributed by atoms with Gasteiger partial charge in [-0.1, -0.05) is 222 Å². The van der Waals surface area contributed by atoms with Crippen molar-refractivity contribution in [2.45, 2.75) is 206 Å². The highest BCUT2D eigenvalue weighted by molar-refractivity contribution is 7.47. The summed E-state index contributed by atoms with van der Waals surface area (Å²) >= 11 is 0. The topological polar surface area (TPSA) is 231 Å². The van der Waals surface area contributed by atoms with Gasteiger partial charge < -0.3 is 34.2 Å². The average molecular weight is 1280 g/mol. The van der Waals surface area contributed by atoms with E-state index in [1.54, 1.807) is 0 Å². The van der Waals surface area contributed by atoms with Crippen LogP contribution in [0.25, 0.3) is 0 Å². The van der Waals surface area contributed by atoms with Crippen LogP contribution in [-0.4, -0.2) is 95.9 Å². The van der Waals surface area contributed by atoms with Gasteiger partial charge in [-0.2, -0.15) is 0 Å². The zero-order valence-corrected chi connectivity index (χ0v) is 55.6. The number of phosphoric acid groups is 2. The van der Waals surface area contributed by atoms with Crippen LogP contribution in [0.5, 0.6) is 0 Å². The Balaban J connectivity index is 4.87. The lowest BCUT2D eigenvalue weighted by molar-refractivity contribution is -0.161. The third-order valence-corrected chi connectivity index (χ3v) is 14.0. The molecule has 500 valence electrons. The molecule has 89 heavy (non-hydrogen) atoms. The fourth-order valence-corrected chi connectivity index (χ4v) is 8.92. The van der Waals surface area contributed by atoms with Crippen molar-refractivity contribution in [3.63, 3.8) is 0 Å². The Morgan fingerprint density at radius 2 is 0.584 bits per heavy atom. The van der Waals surface area contributed by atoms with E-state index in [1.165, 1.54) is 0 Å². The third kappa shape index (κ3) is 64.0. The number of unbranched alkanes of at least 4 members (excludes halogenated alkanes) is 5. The molecule has 0 amide bonds. The van der Waals surface area contributed by atoms with Gasteiger partial charge in [0.1, 0.15) is 25.4 Å². The Bertz CT molecular complexity index is 2350. The molecule has 0 heterocycles. The fraction of sp³-hybridized carbons (Fsp3) is 0.535. The molecule has 0 aromatic rings. The first kappa shape index (κ1) is 83.7. The number of carbonyl (C=O) groups excluding carboxylic acids is 3. The number of aliphatic hydroxyl groups is 2. The van der Waals surface area contributed by atoms with Crippen LogP contribution in [0.15, 0.2) is 182 Å². The largest absolute Gasteiger partial charge is 0.472 e. The summed E-state index contributed by atoms with van der Waals surface area (Å²) in [5.74, 6) is -1.80. The predicted octanol–water partition coefficient (Wildman–Crippen LogP) is 17.5. The van der Waals surface area contributed by atoms with Gasteiger partial charge in [-0.15, -0.1) is 0 Å². The highest BCUT2D eigenvalue weighted by Gasteiger charge is 2.29. The second kappa shape index (κ2) is 62.8. The summed E-state index contributed by atoms with van der Waals surface area (Å²) in [7, 11) is -9.84. The van der Waals surface area contributed by atoms with Crippen LogP contribution in [0.4, 0.5) is 0 Å². The highest BCUT2D eigenvalue weighted by atomic mass is 31.2. The maximum Gasteiger partial charge on any atom is 0.472 e. The summed E-state index contributed by atoms with van der Waals surface area (Å²) in [5, 5.41) is 20.5. The molecule has 0 saturated carbocycles. The molecule has 0 bridgehead atoms. The molecule has 0 aliphatic heterocycles. The van der Waals surface area contributed by atoms with Crippen molar-refractivity contribution in [3.05, 3.63) is 182 Å². The molecule has 16 nitrogen and oxygen atoms in total. The van der Waals surface area contributed by atoms with Crippen LogP contribution < -0.4 is 0 Å². The summed E-state index contributed by atoms with van der Waals surface area (Å²) in [6.07, 6.45) is 78.4. The minimum absolute atomic E-state index is 0.0314. The number of aliphatic hydroxyl groups excluding tert-OH is 2. The summed E-state index contributed by atoms with van der Waals surface area (Å²) < 4.78 is 60.6. The number of ether oxygens (including phenoxy) is 3. The van der Waals surface area contributed by atoms with Gasteiger partial charge in [0.05, 0.1) is 26.4 Å². The van der Waals surface area contributed by atoms with Crippen molar-refractivity contribution in [1.82, 2.24) is 0 Å². The van der Waals surface area contributed by atoms with Crippen molar-refractivity contribution in [1.29, 1.82) is 0 Å². The van der Waals surface area contributed by atoms with Crippen LogP contribution >= 0.6 is 15.6 Å². The number of phosphoric ester groups is 2. The average Bonchev–Trinajstić information content (AvgIpc) is 3.54. The van der Waals surface area contributed by atoms with Gasteiger partial charge in [0.25, 0.3) is 0 Å². The molecule has 5 unspecified atom stereocenters. The Morgan fingerprint density at radius 3 is 0.933 bits per heavy atom. The van der Waals surface area contributed by atoms with E-state index in [0.717, 1.165) is 116 Å². The Hall–Kier alpha value is -5.35. The molecule has 4 N–H and O–H groups in total. The predicted molar refractivity (Wildman–Crippen MR) is 361 cm³/mol. The zero-order valence-electron chi connectivity index (χ0n) is 53.8. The molecule has 0 saturated heterocycles. The molecule has 0 aliphatic carbocycles. The lowest BCUT2D eigenvalue weighted by Gasteiger charge is -2.21. The quantitative estimate of drug-likeness (QED) is 0.0146. The van der Waals surface area contributed by atoms with E-state index in [9.17, 15) is 43.5 Å². The first-order valence-electron chi connectivity index (χ1n) is 32.1. The van der Waals surface area contributed by atoms with Gasteiger partial charge >= 0.3 is 33.6 Å². The third-order valence-electron chi connectivity index (χ3n) is 12.1. The second-order valence-corrected chi connectivity index (χ2v) is 23.3. The lowest BCUT2D eigenvalue weighted by atomic mass is 10.1. The van der Waals surface area contributed by atoms with Crippen LogP contribution in [0.3, 0.4) is 0 Å². The molecular formula is C71H110O16P2. The Kier molecular flexibility index (Phi) is 59.0. The van der Waals surface area contributed by atoms with E-state index in [-0.39, 0.29) is 19.3 Å². The van der Waals surface area contributed by atoms with E-state index < -0.39 is 91.5 Å². The van der Waals surface area contributed by atoms with Gasteiger partial charge in [-0.25, -0.2) is 9.13 Å². The Labute approximate surface area is 534 Å². The van der Waals surface area contributed by atoms with E-state index >= 15 is 0 Å². The Morgan fingerprint density at radius 1 is 0.315 bits per heavy atom. The zero-order chi connectivity index (χ0) is 65.3. The molecule has 18 heteroatoms. The van der Waals surface area contributed by atoms with E-state index in [4.69, 9.17) is 32.3 Å². The molecule has 0 fully saturated rings. The molecule has 0 radical (unpaired) electrons. The summed E-state index contributed by atoms with van der Waals surface area (Å²) in [5.41, 5.74) is 0.